The van der Waals surface area contributed by atoms with Crippen molar-refractivity contribution in [3.05, 3.63) is 28.2 Å². The maximum Gasteiger partial charge on any atom is 0.228 e. The van der Waals surface area contributed by atoms with Crippen LogP contribution in [0.3, 0.4) is 0 Å². The predicted octanol–water partition coefficient (Wildman–Crippen LogP) is 2.27. The number of rotatable bonds is 3. The molecule has 1 saturated heterocycles. The lowest BCUT2D eigenvalue weighted by molar-refractivity contribution is -0.139. The van der Waals surface area contributed by atoms with Gasteiger partial charge in [0.25, 0.3) is 0 Å². The van der Waals surface area contributed by atoms with Crippen molar-refractivity contribution in [3.8, 4) is 0 Å². The number of anilines is 1. The van der Waals surface area contributed by atoms with Crippen molar-refractivity contribution >= 4 is 46.5 Å². The number of nitrogens with zero attached hydrogens (tertiary/aromatic N) is 3. The van der Waals surface area contributed by atoms with Gasteiger partial charge in [0, 0.05) is 33.0 Å². The van der Waals surface area contributed by atoms with E-state index >= 15 is 0 Å². The molecule has 1 aromatic rings. The molecule has 2 aliphatic rings. The van der Waals surface area contributed by atoms with Crippen LogP contribution in [0.2, 0.25) is 10.0 Å². The number of carbonyl (C=O) groups is 2. The van der Waals surface area contributed by atoms with E-state index in [0.29, 0.717) is 48.5 Å². The third kappa shape index (κ3) is 4.66. The number of hydrogen-bond donors (Lipinski definition) is 1. The van der Waals surface area contributed by atoms with Gasteiger partial charge in [0.05, 0.1) is 34.9 Å². The first-order chi connectivity index (χ1) is 12.4. The first kappa shape index (κ1) is 18.9. The highest BCUT2D eigenvalue weighted by Crippen LogP contribution is 2.28. The number of amidine groups is 1. The Labute approximate surface area is 161 Å². The number of morpholine rings is 1. The van der Waals surface area contributed by atoms with Gasteiger partial charge in [-0.15, -0.1) is 0 Å². The van der Waals surface area contributed by atoms with E-state index < -0.39 is 0 Å². The van der Waals surface area contributed by atoms with Crippen LogP contribution in [0.4, 0.5) is 5.69 Å². The van der Waals surface area contributed by atoms with Crippen LogP contribution in [-0.4, -0.2) is 54.9 Å². The molecule has 7 nitrogen and oxygen atoms in total. The average molecular weight is 399 g/mol. The van der Waals surface area contributed by atoms with Gasteiger partial charge in [0.2, 0.25) is 11.8 Å². The summed E-state index contributed by atoms with van der Waals surface area (Å²) in [5, 5.41) is 9.95. The third-order valence-corrected chi connectivity index (χ3v) is 5.02. The summed E-state index contributed by atoms with van der Waals surface area (Å²) >= 11 is 12.0. The summed E-state index contributed by atoms with van der Waals surface area (Å²) in [6.45, 7) is 3.62. The molecular weight excluding hydrogens is 379 g/mol. The Morgan fingerprint density at radius 2 is 2.12 bits per heavy atom. The van der Waals surface area contributed by atoms with Gasteiger partial charge in [-0.1, -0.05) is 23.2 Å². The van der Waals surface area contributed by atoms with E-state index in [1.54, 1.807) is 22.0 Å². The maximum atomic E-state index is 12.3. The van der Waals surface area contributed by atoms with Gasteiger partial charge in [-0.05, 0) is 18.2 Å². The summed E-state index contributed by atoms with van der Waals surface area (Å²) in [5.74, 6) is 0.423. The number of halogens is 2. The summed E-state index contributed by atoms with van der Waals surface area (Å²) < 4.78 is 5.58. The van der Waals surface area contributed by atoms with Crippen molar-refractivity contribution in [2.24, 2.45) is 5.10 Å². The molecule has 0 saturated carbocycles. The Morgan fingerprint density at radius 1 is 1.31 bits per heavy atom. The van der Waals surface area contributed by atoms with Crippen molar-refractivity contribution in [2.75, 3.05) is 31.3 Å². The number of ether oxygens (including phenoxy) is 1. The normalized spacial score (nSPS) is 20.1. The average Bonchev–Trinajstić information content (AvgIpc) is 3.05. The summed E-state index contributed by atoms with van der Waals surface area (Å²) in [5.41, 5.74) is 0.816. The van der Waals surface area contributed by atoms with E-state index in [4.69, 9.17) is 27.9 Å². The lowest BCUT2D eigenvalue weighted by Crippen LogP contribution is -2.46. The minimum atomic E-state index is -0.291. The lowest BCUT2D eigenvalue weighted by Gasteiger charge is -2.31. The Kier molecular flexibility index (Phi) is 6.01. The lowest BCUT2D eigenvalue weighted by atomic mass is 10.2. The quantitative estimate of drug-likeness (QED) is 0.847. The molecule has 1 aromatic carbocycles. The van der Waals surface area contributed by atoms with E-state index in [2.05, 4.69) is 10.4 Å². The van der Waals surface area contributed by atoms with Crippen LogP contribution >= 0.6 is 23.2 Å². The fourth-order valence-corrected chi connectivity index (χ4v) is 3.22. The first-order valence-electron chi connectivity index (χ1n) is 8.39. The van der Waals surface area contributed by atoms with E-state index in [9.17, 15) is 9.59 Å². The van der Waals surface area contributed by atoms with E-state index in [1.165, 1.54) is 6.92 Å². The molecule has 2 aliphatic heterocycles. The Hall–Kier alpha value is -1.83. The van der Waals surface area contributed by atoms with E-state index in [0.717, 1.165) is 5.69 Å². The van der Waals surface area contributed by atoms with Crippen molar-refractivity contribution < 1.29 is 14.3 Å². The second-order valence-corrected chi connectivity index (χ2v) is 7.04. The summed E-state index contributed by atoms with van der Waals surface area (Å²) in [7, 11) is 0. The van der Waals surface area contributed by atoms with Crippen LogP contribution in [0.15, 0.2) is 23.3 Å². The van der Waals surface area contributed by atoms with Crippen molar-refractivity contribution in [1.82, 2.24) is 10.2 Å². The molecule has 0 unspecified atom stereocenters. The monoisotopic (exact) mass is 398 g/mol. The third-order valence-electron chi connectivity index (χ3n) is 4.28. The standard InChI is InChI=1S/C17H20Cl2N4O3/c1-11(24)22-6-7-26-13(10-22)9-17(25)20-16-4-5-23(21-16)12-2-3-14(18)15(19)8-12/h2-3,8,13H,4-7,9-10H2,1H3,(H,20,21,25)/t13-/m0/s1. The number of nitrogens with one attached hydrogen (secondary N) is 1. The van der Waals surface area contributed by atoms with Crippen LogP contribution in [0.5, 0.6) is 0 Å². The highest BCUT2D eigenvalue weighted by Gasteiger charge is 2.25. The fourth-order valence-electron chi connectivity index (χ4n) is 2.93. The van der Waals surface area contributed by atoms with Crippen LogP contribution in [0.25, 0.3) is 0 Å². The van der Waals surface area contributed by atoms with Gasteiger partial charge in [-0.25, -0.2) is 0 Å². The van der Waals surface area contributed by atoms with Gasteiger partial charge >= 0.3 is 0 Å². The molecule has 2 heterocycles. The first-order valence-corrected chi connectivity index (χ1v) is 9.15. The largest absolute Gasteiger partial charge is 0.374 e. The molecule has 2 amide bonds. The summed E-state index contributed by atoms with van der Waals surface area (Å²) in [4.78, 5) is 25.4. The van der Waals surface area contributed by atoms with Crippen molar-refractivity contribution in [1.29, 1.82) is 0 Å². The molecule has 1 atom stereocenters. The van der Waals surface area contributed by atoms with Gasteiger partial charge in [0.15, 0.2) is 0 Å². The highest BCUT2D eigenvalue weighted by molar-refractivity contribution is 6.42. The van der Waals surface area contributed by atoms with Crippen molar-refractivity contribution in [2.45, 2.75) is 25.9 Å². The molecule has 9 heteroatoms. The predicted molar refractivity (Wildman–Crippen MR) is 101 cm³/mol. The molecule has 1 N–H and O–H groups in total. The Morgan fingerprint density at radius 3 is 2.85 bits per heavy atom. The smallest absolute Gasteiger partial charge is 0.228 e. The molecule has 0 radical (unpaired) electrons. The molecule has 26 heavy (non-hydrogen) atoms. The number of hydrazone groups is 1. The molecule has 3 rings (SSSR count). The number of benzene rings is 1. The molecule has 1 fully saturated rings. The van der Waals surface area contributed by atoms with Crippen LogP contribution in [-0.2, 0) is 14.3 Å². The van der Waals surface area contributed by atoms with Gasteiger partial charge in [-0.3, -0.25) is 14.6 Å². The van der Waals surface area contributed by atoms with Crippen LogP contribution in [0.1, 0.15) is 19.8 Å². The molecular formula is C17H20Cl2N4O3. The topological polar surface area (TPSA) is 74.2 Å². The zero-order valence-electron chi connectivity index (χ0n) is 14.4. The molecule has 0 spiro atoms. The summed E-state index contributed by atoms with van der Waals surface area (Å²) in [6, 6.07) is 5.28. The van der Waals surface area contributed by atoms with E-state index in [-0.39, 0.29) is 24.3 Å². The number of hydrogen-bond acceptors (Lipinski definition) is 5. The molecule has 0 aromatic heterocycles. The Bertz CT molecular complexity index is 741. The second-order valence-electron chi connectivity index (χ2n) is 6.23. The zero-order valence-corrected chi connectivity index (χ0v) is 15.9. The second kappa shape index (κ2) is 8.24. The number of carbonyl (C=O) groups excluding carboxylic acids is 2. The molecule has 0 aliphatic carbocycles. The minimum absolute atomic E-state index is 0.00357. The highest BCUT2D eigenvalue weighted by atomic mass is 35.5. The van der Waals surface area contributed by atoms with Crippen molar-refractivity contribution in [3.63, 3.8) is 0 Å². The van der Waals surface area contributed by atoms with Crippen LogP contribution < -0.4 is 10.3 Å². The zero-order chi connectivity index (χ0) is 18.7. The Balaban J connectivity index is 1.54. The van der Waals surface area contributed by atoms with Gasteiger partial charge in [0.1, 0.15) is 5.84 Å². The molecule has 0 bridgehead atoms. The van der Waals surface area contributed by atoms with Gasteiger partial charge < -0.3 is 15.0 Å². The summed E-state index contributed by atoms with van der Waals surface area (Å²) in [6.07, 6.45) is 0.521. The fraction of sp³-hybridized carbons (Fsp3) is 0.471. The van der Waals surface area contributed by atoms with Gasteiger partial charge in [-0.2, -0.15) is 5.10 Å². The maximum absolute atomic E-state index is 12.3. The minimum Gasteiger partial charge on any atom is -0.374 e. The van der Waals surface area contributed by atoms with E-state index in [1.807, 2.05) is 6.07 Å². The molecule has 140 valence electrons. The van der Waals surface area contributed by atoms with Crippen LogP contribution in [0, 0.1) is 0 Å². The number of amides is 2. The SMILES string of the molecule is CC(=O)N1CCO[C@@H](CC(=O)NC2=NN(c3ccc(Cl)c(Cl)c3)CC2)C1.